The molecule has 0 radical (unpaired) electrons. The molecule has 0 spiro atoms. The lowest BCUT2D eigenvalue weighted by molar-refractivity contribution is 0.408. The molecule has 0 saturated heterocycles. The minimum Gasteiger partial charge on any atom is -0.495 e. The molecule has 1 aromatic carbocycles. The fourth-order valence-electron chi connectivity index (χ4n) is 1.36. The third kappa shape index (κ3) is 2.05. The van der Waals surface area contributed by atoms with Crippen molar-refractivity contribution in [2.75, 3.05) is 7.11 Å². The molecule has 0 unspecified atom stereocenters. The first-order valence-corrected chi connectivity index (χ1v) is 5.20. The third-order valence-corrected chi connectivity index (χ3v) is 2.97. The van der Waals surface area contributed by atoms with Gasteiger partial charge in [-0.3, -0.25) is 0 Å². The van der Waals surface area contributed by atoms with Crippen molar-refractivity contribution in [3.05, 3.63) is 27.7 Å². The van der Waals surface area contributed by atoms with E-state index in [1.165, 1.54) is 11.1 Å². The van der Waals surface area contributed by atoms with Crippen LogP contribution in [0, 0.1) is 6.92 Å². The minimum atomic E-state index is 0.517. The number of aryl methyl sites for hydroxylation is 1. The number of halogens is 1. The maximum absolute atomic E-state index is 5.32. The van der Waals surface area contributed by atoms with Crippen LogP contribution in [0.15, 0.2) is 16.6 Å². The highest BCUT2D eigenvalue weighted by Crippen LogP contribution is 2.35. The number of hydrogen-bond donors (Lipinski definition) is 0. The van der Waals surface area contributed by atoms with E-state index < -0.39 is 0 Å². The van der Waals surface area contributed by atoms with Gasteiger partial charge < -0.3 is 4.74 Å². The maximum atomic E-state index is 5.32. The molecule has 0 amide bonds. The fourth-order valence-corrected chi connectivity index (χ4v) is 2.43. The molecule has 0 fully saturated rings. The maximum Gasteiger partial charge on any atom is 0.136 e. The van der Waals surface area contributed by atoms with E-state index in [4.69, 9.17) is 4.74 Å². The van der Waals surface area contributed by atoms with Crippen molar-refractivity contribution < 1.29 is 4.74 Å². The van der Waals surface area contributed by atoms with Gasteiger partial charge in [-0.2, -0.15) is 0 Å². The molecule has 13 heavy (non-hydrogen) atoms. The lowest BCUT2D eigenvalue weighted by atomic mass is 10.0. The van der Waals surface area contributed by atoms with E-state index in [0.717, 1.165) is 10.2 Å². The van der Waals surface area contributed by atoms with Gasteiger partial charge in [0.1, 0.15) is 5.75 Å². The van der Waals surface area contributed by atoms with E-state index in [-0.39, 0.29) is 0 Å². The quantitative estimate of drug-likeness (QED) is 0.765. The van der Waals surface area contributed by atoms with Crippen LogP contribution in [0.3, 0.4) is 0 Å². The summed E-state index contributed by atoms with van der Waals surface area (Å²) in [5.41, 5.74) is 2.46. The lowest BCUT2D eigenvalue weighted by Gasteiger charge is -2.13. The van der Waals surface area contributed by atoms with Crippen LogP contribution in [0.5, 0.6) is 5.75 Å². The molecule has 0 aliphatic rings. The second kappa shape index (κ2) is 4.14. The lowest BCUT2D eigenvalue weighted by Crippen LogP contribution is -1.95. The number of rotatable bonds is 2. The summed E-state index contributed by atoms with van der Waals surface area (Å²) < 4.78 is 6.41. The molecule has 72 valence electrons. The monoisotopic (exact) mass is 242 g/mol. The van der Waals surface area contributed by atoms with Crippen LogP contribution in [-0.4, -0.2) is 7.11 Å². The van der Waals surface area contributed by atoms with Gasteiger partial charge in [-0.25, -0.2) is 0 Å². The Kier molecular flexibility index (Phi) is 3.37. The van der Waals surface area contributed by atoms with Gasteiger partial charge in [0.15, 0.2) is 0 Å². The Bertz CT molecular complexity index is 305. The number of methoxy groups -OCH3 is 1. The van der Waals surface area contributed by atoms with Crippen molar-refractivity contribution in [2.45, 2.75) is 26.7 Å². The molecule has 1 aromatic rings. The second-order valence-corrected chi connectivity index (χ2v) is 4.27. The van der Waals surface area contributed by atoms with Gasteiger partial charge in [0.05, 0.1) is 11.6 Å². The Morgan fingerprint density at radius 1 is 1.31 bits per heavy atom. The van der Waals surface area contributed by atoms with Crippen LogP contribution in [0.25, 0.3) is 0 Å². The van der Waals surface area contributed by atoms with Gasteiger partial charge in [-0.05, 0) is 39.9 Å². The van der Waals surface area contributed by atoms with Crippen LogP contribution in [0.1, 0.15) is 30.9 Å². The molecule has 0 aliphatic carbocycles. The normalized spacial score (nSPS) is 10.6. The van der Waals surface area contributed by atoms with Gasteiger partial charge in [-0.1, -0.05) is 26.0 Å². The average Bonchev–Trinajstić information content (AvgIpc) is 2.04. The predicted molar refractivity (Wildman–Crippen MR) is 59.5 cm³/mol. The molecule has 1 nitrogen and oxygen atoms in total. The molecule has 2 heteroatoms. The molecule has 0 saturated carbocycles. The van der Waals surface area contributed by atoms with Crippen molar-refractivity contribution in [1.82, 2.24) is 0 Å². The smallest absolute Gasteiger partial charge is 0.136 e. The van der Waals surface area contributed by atoms with Crippen molar-refractivity contribution in [3.8, 4) is 5.75 Å². The fraction of sp³-hybridized carbons (Fsp3) is 0.455. The predicted octanol–water partition coefficient (Wildman–Crippen LogP) is 3.89. The summed E-state index contributed by atoms with van der Waals surface area (Å²) in [5, 5.41) is 0. The standard InChI is InChI=1S/C11H15BrO/c1-7(2)9-6-5-8(3)11(13-4)10(9)12/h5-7H,1-4H3. The number of ether oxygens (including phenoxy) is 1. The van der Waals surface area contributed by atoms with Gasteiger partial charge in [0.25, 0.3) is 0 Å². The summed E-state index contributed by atoms with van der Waals surface area (Å²) in [6.45, 7) is 6.40. The van der Waals surface area contributed by atoms with Crippen LogP contribution in [0.2, 0.25) is 0 Å². The summed E-state index contributed by atoms with van der Waals surface area (Å²) in [4.78, 5) is 0. The zero-order valence-electron chi connectivity index (χ0n) is 8.52. The minimum absolute atomic E-state index is 0.517. The Morgan fingerprint density at radius 3 is 2.38 bits per heavy atom. The van der Waals surface area contributed by atoms with Crippen LogP contribution in [-0.2, 0) is 0 Å². The molecular formula is C11H15BrO. The van der Waals surface area contributed by atoms with E-state index in [1.54, 1.807) is 7.11 Å². The Hall–Kier alpha value is -0.500. The third-order valence-electron chi connectivity index (χ3n) is 2.15. The van der Waals surface area contributed by atoms with E-state index >= 15 is 0 Å². The number of hydrogen-bond acceptors (Lipinski definition) is 1. The SMILES string of the molecule is COc1c(C)ccc(C(C)C)c1Br. The summed E-state index contributed by atoms with van der Waals surface area (Å²) >= 11 is 3.57. The average molecular weight is 243 g/mol. The zero-order valence-corrected chi connectivity index (χ0v) is 10.1. The molecular weight excluding hydrogens is 228 g/mol. The Morgan fingerprint density at radius 2 is 1.92 bits per heavy atom. The highest BCUT2D eigenvalue weighted by atomic mass is 79.9. The molecule has 0 aliphatic heterocycles. The molecule has 0 atom stereocenters. The second-order valence-electron chi connectivity index (χ2n) is 3.47. The summed E-state index contributed by atoms with van der Waals surface area (Å²) in [6.07, 6.45) is 0. The van der Waals surface area contributed by atoms with Crippen LogP contribution >= 0.6 is 15.9 Å². The summed E-state index contributed by atoms with van der Waals surface area (Å²) in [6, 6.07) is 4.24. The molecule has 0 N–H and O–H groups in total. The van der Waals surface area contributed by atoms with Gasteiger partial charge in [-0.15, -0.1) is 0 Å². The molecule has 1 rings (SSSR count). The first-order valence-electron chi connectivity index (χ1n) is 4.41. The van der Waals surface area contributed by atoms with E-state index in [9.17, 15) is 0 Å². The van der Waals surface area contributed by atoms with Gasteiger partial charge >= 0.3 is 0 Å². The van der Waals surface area contributed by atoms with Crippen LogP contribution in [0.4, 0.5) is 0 Å². The van der Waals surface area contributed by atoms with Gasteiger partial charge in [0, 0.05) is 0 Å². The highest BCUT2D eigenvalue weighted by molar-refractivity contribution is 9.10. The van der Waals surface area contributed by atoms with Crippen molar-refractivity contribution in [3.63, 3.8) is 0 Å². The topological polar surface area (TPSA) is 9.23 Å². The van der Waals surface area contributed by atoms with Crippen LogP contribution < -0.4 is 4.74 Å². The molecule has 0 heterocycles. The van der Waals surface area contributed by atoms with E-state index in [2.05, 4.69) is 41.9 Å². The Balaban J connectivity index is 3.27. The first-order chi connectivity index (χ1) is 6.07. The van der Waals surface area contributed by atoms with Gasteiger partial charge in [0.2, 0.25) is 0 Å². The zero-order chi connectivity index (χ0) is 10.0. The highest BCUT2D eigenvalue weighted by Gasteiger charge is 2.11. The number of benzene rings is 1. The molecule has 0 bridgehead atoms. The van der Waals surface area contributed by atoms with E-state index in [0.29, 0.717) is 5.92 Å². The summed E-state index contributed by atoms with van der Waals surface area (Å²) in [5.74, 6) is 1.47. The molecule has 0 aromatic heterocycles. The van der Waals surface area contributed by atoms with Crippen molar-refractivity contribution in [2.24, 2.45) is 0 Å². The largest absolute Gasteiger partial charge is 0.495 e. The first kappa shape index (κ1) is 10.6. The van der Waals surface area contributed by atoms with Crippen molar-refractivity contribution >= 4 is 15.9 Å². The summed E-state index contributed by atoms with van der Waals surface area (Å²) in [7, 11) is 1.71. The van der Waals surface area contributed by atoms with E-state index in [1.807, 2.05) is 6.92 Å². The van der Waals surface area contributed by atoms with Crippen molar-refractivity contribution in [1.29, 1.82) is 0 Å². The Labute approximate surface area is 88.2 Å².